The van der Waals surface area contributed by atoms with Crippen molar-refractivity contribution in [1.29, 1.82) is 0 Å². The van der Waals surface area contributed by atoms with Crippen molar-refractivity contribution in [2.45, 2.75) is 11.4 Å². The lowest BCUT2D eigenvalue weighted by molar-refractivity contribution is -0.115. The first-order valence-electron chi connectivity index (χ1n) is 10.0. The summed E-state index contributed by atoms with van der Waals surface area (Å²) < 4.78 is 13.8. The highest BCUT2D eigenvalue weighted by atomic mass is 32.2. The molecule has 0 saturated heterocycles. The Labute approximate surface area is 192 Å². The molecule has 0 spiro atoms. The van der Waals surface area contributed by atoms with E-state index in [2.05, 4.69) is 36.6 Å². The molecule has 168 valence electrons. The number of benzene rings is 1. The molecular formula is C23H23N7O2S. The second-order valence-corrected chi connectivity index (χ2v) is 10.1. The van der Waals surface area contributed by atoms with Gasteiger partial charge in [-0.3, -0.25) is 13.7 Å². The molecular weight excluding hydrogens is 438 g/mol. The molecule has 9 nitrogen and oxygen atoms in total. The monoisotopic (exact) mass is 461 g/mol. The number of amides is 1. The van der Waals surface area contributed by atoms with Crippen LogP contribution < -0.4 is 10.6 Å². The first kappa shape index (κ1) is 22.2. The van der Waals surface area contributed by atoms with E-state index in [4.69, 9.17) is 0 Å². The number of pyridine rings is 1. The summed E-state index contributed by atoms with van der Waals surface area (Å²) in [4.78, 5) is 25.2. The summed E-state index contributed by atoms with van der Waals surface area (Å²) in [6.45, 7) is 0. The van der Waals surface area contributed by atoms with Gasteiger partial charge < -0.3 is 10.6 Å². The van der Waals surface area contributed by atoms with Gasteiger partial charge in [0.05, 0.1) is 18.3 Å². The van der Waals surface area contributed by atoms with E-state index in [0.717, 1.165) is 22.4 Å². The van der Waals surface area contributed by atoms with E-state index in [1.807, 2.05) is 37.5 Å². The maximum Gasteiger partial charge on any atom is 0.228 e. The lowest BCUT2D eigenvalue weighted by atomic mass is 10.1. The summed E-state index contributed by atoms with van der Waals surface area (Å²) in [5.74, 6) is 3.93. The van der Waals surface area contributed by atoms with Crippen LogP contribution in [0.2, 0.25) is 0 Å². The zero-order chi connectivity index (χ0) is 23.4. The van der Waals surface area contributed by atoms with Gasteiger partial charge in [-0.15, -0.1) is 0 Å². The lowest BCUT2D eigenvalue weighted by Gasteiger charge is -2.08. The van der Waals surface area contributed by atoms with Crippen molar-refractivity contribution in [3.8, 4) is 11.1 Å². The van der Waals surface area contributed by atoms with Gasteiger partial charge in [0.1, 0.15) is 5.03 Å². The maximum atomic E-state index is 12.4. The fraction of sp³-hybridized carbons (Fsp3) is 0.130. The number of hydrogen-bond donors (Lipinski definition) is 2. The molecule has 0 saturated carbocycles. The third kappa shape index (κ3) is 5.80. The van der Waals surface area contributed by atoms with E-state index in [-0.39, 0.29) is 12.3 Å². The normalized spacial score (nSPS) is 12.7. The fourth-order valence-corrected chi connectivity index (χ4v) is 3.75. The van der Waals surface area contributed by atoms with E-state index in [1.165, 1.54) is 12.5 Å². The molecule has 0 radical (unpaired) electrons. The van der Waals surface area contributed by atoms with Gasteiger partial charge in [0, 0.05) is 58.9 Å². The van der Waals surface area contributed by atoms with Crippen LogP contribution >= 0.6 is 0 Å². The van der Waals surface area contributed by atoms with Crippen LogP contribution in [0, 0.1) is 0 Å². The first-order chi connectivity index (χ1) is 15.8. The Morgan fingerprint density at radius 2 is 1.76 bits per heavy atom. The summed E-state index contributed by atoms with van der Waals surface area (Å²) in [5, 5.41) is 10.4. The van der Waals surface area contributed by atoms with Gasteiger partial charge in [0.25, 0.3) is 0 Å². The Balaban J connectivity index is 1.37. The number of rotatable bonds is 7. The predicted octanol–water partition coefficient (Wildman–Crippen LogP) is 2.90. The topological polar surface area (TPSA) is 115 Å². The number of aryl methyl sites for hydroxylation is 1. The molecule has 10 heteroatoms. The number of nitrogens with one attached hydrogen (secondary N) is 2. The predicted molar refractivity (Wildman–Crippen MR) is 130 cm³/mol. The van der Waals surface area contributed by atoms with Gasteiger partial charge in [-0.1, -0.05) is 24.3 Å². The van der Waals surface area contributed by atoms with Crippen LogP contribution in [0.15, 0.2) is 72.4 Å². The first-order valence-corrected chi connectivity index (χ1v) is 12.1. The molecule has 0 aliphatic heterocycles. The van der Waals surface area contributed by atoms with Crippen LogP contribution in [-0.2, 0) is 27.8 Å². The smallest absolute Gasteiger partial charge is 0.228 e. The molecule has 4 aromatic rings. The van der Waals surface area contributed by atoms with Crippen LogP contribution in [0.3, 0.4) is 0 Å². The minimum absolute atomic E-state index is 0.180. The van der Waals surface area contributed by atoms with Gasteiger partial charge in [-0.05, 0) is 29.1 Å². The molecule has 4 rings (SSSR count). The van der Waals surface area contributed by atoms with Crippen molar-refractivity contribution >= 4 is 38.6 Å². The van der Waals surface area contributed by atoms with Crippen molar-refractivity contribution in [3.63, 3.8) is 0 Å². The largest absolute Gasteiger partial charge is 0.326 e. The molecule has 2 N–H and O–H groups in total. The Bertz CT molecular complexity index is 1380. The Kier molecular flexibility index (Phi) is 6.18. The third-order valence-electron chi connectivity index (χ3n) is 4.73. The Morgan fingerprint density at radius 1 is 1.03 bits per heavy atom. The molecule has 0 aliphatic carbocycles. The lowest BCUT2D eigenvalue weighted by Crippen LogP contribution is -2.15. The highest BCUT2D eigenvalue weighted by Crippen LogP contribution is 2.20. The molecule has 0 fully saturated rings. The molecule has 33 heavy (non-hydrogen) atoms. The average Bonchev–Trinajstić information content (AvgIpc) is 3.19. The zero-order valence-electron chi connectivity index (χ0n) is 18.2. The number of carbonyl (C=O) groups excluding carboxylic acids is 1. The molecule has 1 aromatic carbocycles. The van der Waals surface area contributed by atoms with E-state index < -0.39 is 9.52 Å². The SMILES string of the molecule is C=S(C)(=O)c1cc(NC(=O)Cc2ccc(-c3cnc(Nc4cnn(C)c4)nc3)cc2)ccn1. The molecule has 1 unspecified atom stereocenters. The molecule has 3 aromatic heterocycles. The van der Waals surface area contributed by atoms with Crippen LogP contribution in [0.25, 0.3) is 11.1 Å². The van der Waals surface area contributed by atoms with Gasteiger partial charge in [0.15, 0.2) is 0 Å². The number of hydrogen-bond acceptors (Lipinski definition) is 7. The second kappa shape index (κ2) is 9.21. The maximum absolute atomic E-state index is 12.4. The highest BCUT2D eigenvalue weighted by Gasteiger charge is 2.09. The third-order valence-corrected chi connectivity index (χ3v) is 5.83. The van der Waals surface area contributed by atoms with E-state index in [9.17, 15) is 9.00 Å². The van der Waals surface area contributed by atoms with Gasteiger partial charge in [-0.25, -0.2) is 15.0 Å². The summed E-state index contributed by atoms with van der Waals surface area (Å²) in [6, 6.07) is 10.9. The van der Waals surface area contributed by atoms with Crippen molar-refractivity contribution < 1.29 is 9.00 Å². The van der Waals surface area contributed by atoms with Gasteiger partial charge in [0.2, 0.25) is 11.9 Å². The number of nitrogens with zero attached hydrogens (tertiary/aromatic N) is 5. The quantitative estimate of drug-likeness (QED) is 0.407. The highest BCUT2D eigenvalue weighted by molar-refractivity contribution is 7.99. The standard InChI is InChI=1S/C23H23N7O2S/c1-30-15-20(14-27-30)29-23-25-12-18(13-26-23)17-6-4-16(5-7-17)10-21(31)28-19-8-9-24-22(11-19)33(2,3)32/h4-9,11-15H,2,10H2,1,3H3,(H,24,28,31)(H,25,26,29). The Morgan fingerprint density at radius 3 is 2.39 bits per heavy atom. The minimum atomic E-state index is -2.45. The minimum Gasteiger partial charge on any atom is -0.326 e. The summed E-state index contributed by atoms with van der Waals surface area (Å²) in [6.07, 6.45) is 10.2. The second-order valence-electron chi connectivity index (χ2n) is 7.63. The summed E-state index contributed by atoms with van der Waals surface area (Å²) >= 11 is 0. The number of aromatic nitrogens is 5. The molecule has 0 aliphatic rings. The number of anilines is 3. The van der Waals surface area contributed by atoms with E-state index >= 15 is 0 Å². The average molecular weight is 462 g/mol. The molecule has 1 atom stereocenters. The van der Waals surface area contributed by atoms with Crippen LogP contribution in [0.4, 0.5) is 17.3 Å². The molecule has 0 bridgehead atoms. The van der Waals surface area contributed by atoms with Gasteiger partial charge in [-0.2, -0.15) is 5.10 Å². The fourth-order valence-electron chi connectivity index (χ4n) is 3.09. The molecule has 3 heterocycles. The van der Waals surface area contributed by atoms with Crippen molar-refractivity contribution in [3.05, 3.63) is 72.9 Å². The van der Waals surface area contributed by atoms with Crippen LogP contribution in [-0.4, -0.2) is 47.0 Å². The van der Waals surface area contributed by atoms with Crippen LogP contribution in [0.1, 0.15) is 5.56 Å². The van der Waals surface area contributed by atoms with E-state index in [1.54, 1.807) is 35.4 Å². The molecule has 1 amide bonds. The Hall–Kier alpha value is -4.05. The van der Waals surface area contributed by atoms with Crippen molar-refractivity contribution in [2.24, 2.45) is 7.05 Å². The van der Waals surface area contributed by atoms with Crippen molar-refractivity contribution in [1.82, 2.24) is 24.7 Å². The summed E-state index contributed by atoms with van der Waals surface area (Å²) in [7, 11) is -0.610. The van der Waals surface area contributed by atoms with E-state index in [0.29, 0.717) is 16.7 Å². The van der Waals surface area contributed by atoms with Crippen LogP contribution in [0.5, 0.6) is 0 Å². The zero-order valence-corrected chi connectivity index (χ0v) is 19.0. The van der Waals surface area contributed by atoms with Gasteiger partial charge >= 0.3 is 0 Å². The van der Waals surface area contributed by atoms with Crippen molar-refractivity contribution in [2.75, 3.05) is 16.9 Å². The summed E-state index contributed by atoms with van der Waals surface area (Å²) in [5.41, 5.74) is 4.02. The number of carbonyl (C=O) groups is 1.